The molecule has 0 atom stereocenters. The Hall–Kier alpha value is -3.08. The molecule has 3 rings (SSSR count). The molecule has 0 fully saturated rings. The molecule has 5 nitrogen and oxygen atoms in total. The number of aromatic nitrogens is 3. The van der Waals surface area contributed by atoms with Gasteiger partial charge in [0.15, 0.2) is 0 Å². The van der Waals surface area contributed by atoms with Crippen molar-refractivity contribution in [3.8, 4) is 0 Å². The van der Waals surface area contributed by atoms with Gasteiger partial charge in [0.2, 0.25) is 0 Å². The molecular formula is C16H13N5. The van der Waals surface area contributed by atoms with Gasteiger partial charge in [0.1, 0.15) is 17.2 Å². The van der Waals surface area contributed by atoms with Crippen molar-refractivity contribution in [1.82, 2.24) is 15.0 Å². The van der Waals surface area contributed by atoms with Crippen molar-refractivity contribution < 1.29 is 0 Å². The molecule has 0 aliphatic rings. The molecule has 0 amide bonds. The number of rotatable bonds is 4. The highest BCUT2D eigenvalue weighted by Gasteiger charge is 2.08. The lowest BCUT2D eigenvalue weighted by atomic mass is 10.1. The Morgan fingerprint density at radius 1 is 0.857 bits per heavy atom. The van der Waals surface area contributed by atoms with Crippen molar-refractivity contribution in [3.05, 3.63) is 84.6 Å². The highest BCUT2D eigenvalue weighted by Crippen LogP contribution is 2.09. The molecule has 0 aliphatic heterocycles. The van der Waals surface area contributed by atoms with Crippen LogP contribution in [0.5, 0.6) is 0 Å². The normalized spacial score (nSPS) is 11.1. The number of anilines is 1. The van der Waals surface area contributed by atoms with Crippen LogP contribution in [0.4, 0.5) is 5.82 Å². The molecule has 0 bridgehead atoms. The number of nitrogens with zero attached hydrogens (tertiary/aromatic N) is 4. The molecule has 2 heterocycles. The Morgan fingerprint density at radius 2 is 1.71 bits per heavy atom. The number of pyridine rings is 1. The fourth-order valence-electron chi connectivity index (χ4n) is 1.83. The molecule has 1 N–H and O–H groups in total. The van der Waals surface area contributed by atoms with Gasteiger partial charge in [-0.25, -0.2) is 4.98 Å². The van der Waals surface area contributed by atoms with Gasteiger partial charge in [0, 0.05) is 24.2 Å². The first-order chi connectivity index (χ1) is 10.4. The minimum absolute atomic E-state index is 0.676. The quantitative estimate of drug-likeness (QED) is 0.587. The third kappa shape index (κ3) is 3.27. The molecule has 0 unspecified atom stereocenters. The van der Waals surface area contributed by atoms with Gasteiger partial charge in [-0.15, -0.1) is 0 Å². The minimum Gasteiger partial charge on any atom is -0.261 e. The van der Waals surface area contributed by atoms with Crippen molar-refractivity contribution >= 4 is 11.5 Å². The molecule has 0 saturated heterocycles. The van der Waals surface area contributed by atoms with Crippen LogP contribution in [0.2, 0.25) is 0 Å². The van der Waals surface area contributed by atoms with Gasteiger partial charge in [-0.05, 0) is 12.1 Å². The van der Waals surface area contributed by atoms with Gasteiger partial charge in [-0.2, -0.15) is 5.10 Å². The van der Waals surface area contributed by atoms with Crippen molar-refractivity contribution in [3.63, 3.8) is 0 Å². The summed E-state index contributed by atoms with van der Waals surface area (Å²) >= 11 is 0. The van der Waals surface area contributed by atoms with Crippen LogP contribution in [0.1, 0.15) is 11.3 Å². The Morgan fingerprint density at radius 3 is 2.43 bits per heavy atom. The van der Waals surface area contributed by atoms with Crippen LogP contribution in [0.15, 0.2) is 78.4 Å². The van der Waals surface area contributed by atoms with E-state index in [2.05, 4.69) is 25.5 Å². The smallest absolute Gasteiger partial charge is 0.146 e. The minimum atomic E-state index is 0.676. The first-order valence-corrected chi connectivity index (χ1v) is 6.50. The molecule has 0 aliphatic carbocycles. The summed E-state index contributed by atoms with van der Waals surface area (Å²) in [6, 6.07) is 15.4. The topological polar surface area (TPSA) is 63.1 Å². The van der Waals surface area contributed by atoms with Crippen molar-refractivity contribution in [2.45, 2.75) is 0 Å². The van der Waals surface area contributed by atoms with Crippen LogP contribution in [-0.4, -0.2) is 20.7 Å². The molecule has 2 aromatic heterocycles. The summed E-state index contributed by atoms with van der Waals surface area (Å²) in [5.41, 5.74) is 5.33. The molecule has 102 valence electrons. The molecule has 0 radical (unpaired) electrons. The Bertz CT molecular complexity index is 670. The van der Waals surface area contributed by atoms with E-state index < -0.39 is 0 Å². The summed E-state index contributed by atoms with van der Waals surface area (Å²) in [6.45, 7) is 0. The van der Waals surface area contributed by atoms with Crippen LogP contribution in [-0.2, 0) is 0 Å². The molecule has 5 heteroatoms. The Kier molecular flexibility index (Phi) is 3.93. The van der Waals surface area contributed by atoms with Crippen molar-refractivity contribution in [2.75, 3.05) is 5.43 Å². The Labute approximate surface area is 122 Å². The predicted octanol–water partition coefficient (Wildman–Crippen LogP) is 2.74. The first kappa shape index (κ1) is 12.9. The van der Waals surface area contributed by atoms with E-state index in [0.29, 0.717) is 17.2 Å². The highest BCUT2D eigenvalue weighted by molar-refractivity contribution is 6.11. The zero-order valence-corrected chi connectivity index (χ0v) is 11.2. The molecule has 0 spiro atoms. The van der Waals surface area contributed by atoms with Gasteiger partial charge in [0.05, 0.1) is 6.20 Å². The average molecular weight is 275 g/mol. The van der Waals surface area contributed by atoms with E-state index in [1.54, 1.807) is 24.8 Å². The number of hydrogen-bond acceptors (Lipinski definition) is 5. The standard InChI is InChI=1S/C16H13N5/c1-2-6-13(7-3-1)16(14-12-17-10-11-18-14)21-20-15-8-4-5-9-19-15/h1-12H,(H,19,20)/b21-16+. The lowest BCUT2D eigenvalue weighted by Gasteiger charge is -2.06. The third-order valence-corrected chi connectivity index (χ3v) is 2.80. The summed E-state index contributed by atoms with van der Waals surface area (Å²) in [7, 11) is 0. The average Bonchev–Trinajstić information content (AvgIpc) is 2.58. The second-order valence-electron chi connectivity index (χ2n) is 4.24. The maximum absolute atomic E-state index is 4.44. The van der Waals surface area contributed by atoms with E-state index in [0.717, 1.165) is 5.56 Å². The van der Waals surface area contributed by atoms with E-state index in [1.165, 1.54) is 0 Å². The number of benzene rings is 1. The molecular weight excluding hydrogens is 262 g/mol. The van der Waals surface area contributed by atoms with Gasteiger partial charge in [-0.1, -0.05) is 36.4 Å². The van der Waals surface area contributed by atoms with E-state index in [1.807, 2.05) is 48.5 Å². The zero-order chi connectivity index (χ0) is 14.3. The van der Waals surface area contributed by atoms with Gasteiger partial charge < -0.3 is 0 Å². The van der Waals surface area contributed by atoms with E-state index >= 15 is 0 Å². The third-order valence-electron chi connectivity index (χ3n) is 2.80. The largest absolute Gasteiger partial charge is 0.261 e. The fraction of sp³-hybridized carbons (Fsp3) is 0. The summed E-state index contributed by atoms with van der Waals surface area (Å²) in [6.07, 6.45) is 6.68. The summed E-state index contributed by atoms with van der Waals surface area (Å²) < 4.78 is 0. The van der Waals surface area contributed by atoms with Crippen LogP contribution in [0, 0.1) is 0 Å². The maximum atomic E-state index is 4.44. The second kappa shape index (κ2) is 6.38. The first-order valence-electron chi connectivity index (χ1n) is 6.50. The van der Waals surface area contributed by atoms with E-state index in [9.17, 15) is 0 Å². The zero-order valence-electron chi connectivity index (χ0n) is 11.2. The lowest BCUT2D eigenvalue weighted by Crippen LogP contribution is -2.09. The van der Waals surface area contributed by atoms with E-state index in [-0.39, 0.29) is 0 Å². The molecule has 0 saturated carbocycles. The molecule has 3 aromatic rings. The highest BCUT2D eigenvalue weighted by atomic mass is 15.3. The second-order valence-corrected chi connectivity index (χ2v) is 4.24. The van der Waals surface area contributed by atoms with Gasteiger partial charge in [0.25, 0.3) is 0 Å². The molecule has 1 aromatic carbocycles. The van der Waals surface area contributed by atoms with Crippen LogP contribution >= 0.6 is 0 Å². The number of hydrogen-bond donors (Lipinski definition) is 1. The van der Waals surface area contributed by atoms with Crippen LogP contribution < -0.4 is 5.43 Å². The van der Waals surface area contributed by atoms with Gasteiger partial charge >= 0.3 is 0 Å². The predicted molar refractivity (Wildman–Crippen MR) is 82.0 cm³/mol. The summed E-state index contributed by atoms with van der Waals surface area (Å²) in [4.78, 5) is 12.6. The lowest BCUT2D eigenvalue weighted by molar-refractivity contribution is 1.16. The monoisotopic (exact) mass is 275 g/mol. The van der Waals surface area contributed by atoms with E-state index in [4.69, 9.17) is 0 Å². The number of nitrogens with one attached hydrogen (secondary N) is 1. The van der Waals surface area contributed by atoms with Gasteiger partial charge in [-0.3, -0.25) is 15.4 Å². The molecule has 21 heavy (non-hydrogen) atoms. The number of hydrazone groups is 1. The van der Waals surface area contributed by atoms with Crippen molar-refractivity contribution in [2.24, 2.45) is 5.10 Å². The fourth-order valence-corrected chi connectivity index (χ4v) is 1.83. The van der Waals surface area contributed by atoms with Crippen molar-refractivity contribution in [1.29, 1.82) is 0 Å². The summed E-state index contributed by atoms with van der Waals surface area (Å²) in [5, 5.41) is 4.44. The Balaban J connectivity index is 1.97. The van der Waals surface area contributed by atoms with Crippen LogP contribution in [0.25, 0.3) is 0 Å². The summed E-state index contributed by atoms with van der Waals surface area (Å²) in [5.74, 6) is 0.676. The maximum Gasteiger partial charge on any atom is 0.146 e. The van der Waals surface area contributed by atoms with Crippen LogP contribution in [0.3, 0.4) is 0 Å². The SMILES string of the molecule is c1ccc(/C(=N\Nc2ccccn2)c2cnccn2)cc1.